The number of benzene rings is 2. The first kappa shape index (κ1) is 21.4. The van der Waals surface area contributed by atoms with Gasteiger partial charge in [0, 0.05) is 22.2 Å². The summed E-state index contributed by atoms with van der Waals surface area (Å²) in [5.74, 6) is 0.530. The van der Waals surface area contributed by atoms with E-state index in [4.69, 9.17) is 20.8 Å². The van der Waals surface area contributed by atoms with Crippen molar-refractivity contribution >= 4 is 54.8 Å². The number of hydrogen-bond acceptors (Lipinski definition) is 7. The van der Waals surface area contributed by atoms with Crippen molar-refractivity contribution in [2.75, 3.05) is 18.2 Å². The third-order valence-electron chi connectivity index (χ3n) is 4.50. The average Bonchev–Trinajstić information content (AvgIpc) is 3.38. The van der Waals surface area contributed by atoms with Gasteiger partial charge in [0.1, 0.15) is 17.0 Å². The summed E-state index contributed by atoms with van der Waals surface area (Å²) >= 11 is 7.02. The molecule has 0 saturated carbocycles. The average molecular weight is 477 g/mol. The number of nitrogens with zero attached hydrogens (tertiary/aromatic N) is 1. The lowest BCUT2D eigenvalue weighted by atomic mass is 10.2. The smallest absolute Gasteiger partial charge is 0.227 e. The van der Waals surface area contributed by atoms with E-state index >= 15 is 0 Å². The highest BCUT2D eigenvalue weighted by molar-refractivity contribution is 7.91. The highest BCUT2D eigenvalue weighted by Gasteiger charge is 2.18. The number of rotatable bonds is 7. The molecule has 0 aliphatic carbocycles. The summed E-state index contributed by atoms with van der Waals surface area (Å²) in [5.41, 5.74) is 1.27. The van der Waals surface area contributed by atoms with Gasteiger partial charge in [-0.2, -0.15) is 0 Å². The fraction of sp³-hybridized carbons (Fsp3) is 0.143. The van der Waals surface area contributed by atoms with Crippen LogP contribution in [0.15, 0.2) is 63.2 Å². The minimum Gasteiger partial charge on any atom is -0.497 e. The Balaban J connectivity index is 1.40. The number of hydrogen-bond donors (Lipinski definition) is 1. The Morgan fingerprint density at radius 2 is 1.97 bits per heavy atom. The number of methoxy groups -OCH3 is 1. The van der Waals surface area contributed by atoms with Gasteiger partial charge >= 0.3 is 0 Å². The van der Waals surface area contributed by atoms with Gasteiger partial charge in [-0.25, -0.2) is 13.4 Å². The maximum absolute atomic E-state index is 12.4. The first-order valence-corrected chi connectivity index (χ1v) is 12.1. The van der Waals surface area contributed by atoms with Crippen LogP contribution in [0.2, 0.25) is 5.02 Å². The number of nitrogens with one attached hydrogen (secondary N) is 1. The molecule has 0 bridgehead atoms. The second kappa shape index (κ2) is 8.70. The van der Waals surface area contributed by atoms with Gasteiger partial charge in [-0.1, -0.05) is 11.6 Å². The third kappa shape index (κ3) is 4.90. The van der Waals surface area contributed by atoms with Crippen molar-refractivity contribution in [3.8, 4) is 17.2 Å². The second-order valence-electron chi connectivity index (χ2n) is 6.62. The summed E-state index contributed by atoms with van der Waals surface area (Å²) < 4.78 is 35.7. The lowest BCUT2D eigenvalue weighted by molar-refractivity contribution is -0.115. The number of amides is 1. The molecule has 1 N–H and O–H groups in total. The summed E-state index contributed by atoms with van der Waals surface area (Å²) in [5, 5.41) is 6.08. The van der Waals surface area contributed by atoms with Crippen molar-refractivity contribution < 1.29 is 22.4 Å². The minimum absolute atomic E-state index is 0.128. The number of furan rings is 1. The quantitative estimate of drug-likeness (QED) is 0.402. The van der Waals surface area contributed by atoms with Crippen LogP contribution >= 0.6 is 22.9 Å². The number of aromatic nitrogens is 1. The van der Waals surface area contributed by atoms with Gasteiger partial charge in [0.25, 0.3) is 0 Å². The van der Waals surface area contributed by atoms with Gasteiger partial charge in [-0.3, -0.25) is 4.79 Å². The standard InChI is InChI=1S/C21H17ClN2O5S2/c1-28-15-4-7-18-13(10-15)11-19(29-18)17-12-30-21(23-17)24-20(25)8-9-31(26,27)16-5-2-14(22)3-6-16/h2-7,10-12H,8-9H2,1H3,(H,23,24,25). The lowest BCUT2D eigenvalue weighted by Gasteiger charge is -2.05. The third-order valence-corrected chi connectivity index (χ3v) is 7.24. The van der Waals surface area contributed by atoms with E-state index in [-0.39, 0.29) is 17.1 Å². The van der Waals surface area contributed by atoms with Gasteiger partial charge in [0.15, 0.2) is 20.7 Å². The molecule has 0 aliphatic heterocycles. The van der Waals surface area contributed by atoms with Crippen LogP contribution in [-0.4, -0.2) is 32.2 Å². The molecule has 0 saturated heterocycles. The molecule has 10 heteroatoms. The summed E-state index contributed by atoms with van der Waals surface area (Å²) in [6.45, 7) is 0. The van der Waals surface area contributed by atoms with Crippen molar-refractivity contribution in [2.24, 2.45) is 0 Å². The monoisotopic (exact) mass is 476 g/mol. The van der Waals surface area contributed by atoms with Crippen LogP contribution in [0.3, 0.4) is 0 Å². The van der Waals surface area contributed by atoms with Gasteiger partial charge in [0.05, 0.1) is 17.8 Å². The van der Waals surface area contributed by atoms with Crippen LogP contribution in [0.5, 0.6) is 5.75 Å². The number of anilines is 1. The minimum atomic E-state index is -3.58. The summed E-state index contributed by atoms with van der Waals surface area (Å²) in [6, 6.07) is 13.2. The van der Waals surface area contributed by atoms with Crippen molar-refractivity contribution in [3.63, 3.8) is 0 Å². The fourth-order valence-electron chi connectivity index (χ4n) is 2.89. The van der Waals surface area contributed by atoms with E-state index in [9.17, 15) is 13.2 Å². The van der Waals surface area contributed by atoms with E-state index in [1.807, 2.05) is 18.2 Å². The van der Waals surface area contributed by atoms with Crippen molar-refractivity contribution in [3.05, 3.63) is 58.9 Å². The molecule has 2 aromatic carbocycles. The molecule has 4 rings (SSSR count). The van der Waals surface area contributed by atoms with Crippen LogP contribution in [0.25, 0.3) is 22.4 Å². The molecule has 0 spiro atoms. The molecule has 0 radical (unpaired) electrons. The molecule has 0 fully saturated rings. The zero-order valence-electron chi connectivity index (χ0n) is 16.3. The number of sulfone groups is 1. The Morgan fingerprint density at radius 1 is 1.19 bits per heavy atom. The molecular weight excluding hydrogens is 460 g/mol. The van der Waals surface area contributed by atoms with Crippen molar-refractivity contribution in [1.82, 2.24) is 4.98 Å². The van der Waals surface area contributed by atoms with Crippen LogP contribution in [0, 0.1) is 0 Å². The number of fused-ring (bicyclic) bond motifs is 1. The Kier molecular flexibility index (Phi) is 5.99. The molecule has 2 heterocycles. The van der Waals surface area contributed by atoms with Crippen molar-refractivity contribution in [1.29, 1.82) is 0 Å². The zero-order chi connectivity index (χ0) is 22.0. The number of carbonyl (C=O) groups is 1. The summed E-state index contributed by atoms with van der Waals surface area (Å²) in [6.07, 6.45) is -0.190. The van der Waals surface area contributed by atoms with Crippen molar-refractivity contribution in [2.45, 2.75) is 11.3 Å². The summed E-state index contributed by atoms with van der Waals surface area (Å²) in [7, 11) is -1.99. The fourth-order valence-corrected chi connectivity index (χ4v) is 4.97. The van der Waals surface area contributed by atoms with E-state index in [1.165, 1.54) is 35.6 Å². The number of halogens is 1. The zero-order valence-corrected chi connectivity index (χ0v) is 18.7. The molecule has 2 aromatic heterocycles. The second-order valence-corrected chi connectivity index (χ2v) is 10.0. The number of thiazole rings is 1. The van der Waals surface area contributed by atoms with E-state index in [0.717, 1.165) is 11.1 Å². The van der Waals surface area contributed by atoms with E-state index < -0.39 is 15.7 Å². The molecule has 0 unspecified atom stereocenters. The maximum Gasteiger partial charge on any atom is 0.227 e. The Morgan fingerprint density at radius 3 is 2.71 bits per heavy atom. The van der Waals surface area contributed by atoms with E-state index in [2.05, 4.69) is 10.3 Å². The van der Waals surface area contributed by atoms with Gasteiger partial charge in [0.2, 0.25) is 5.91 Å². The summed E-state index contributed by atoms with van der Waals surface area (Å²) in [4.78, 5) is 16.7. The van der Waals surface area contributed by atoms with Crippen LogP contribution < -0.4 is 10.1 Å². The molecule has 160 valence electrons. The Labute approximate surface area is 187 Å². The van der Waals surface area contributed by atoms with Crippen LogP contribution in [-0.2, 0) is 14.6 Å². The molecule has 0 aliphatic rings. The largest absolute Gasteiger partial charge is 0.497 e. The van der Waals surface area contributed by atoms with Crippen LogP contribution in [0.1, 0.15) is 6.42 Å². The predicted molar refractivity (Wildman–Crippen MR) is 121 cm³/mol. The molecule has 4 aromatic rings. The SMILES string of the molecule is COc1ccc2oc(-c3csc(NC(=O)CCS(=O)(=O)c4ccc(Cl)cc4)n3)cc2c1. The molecule has 1 amide bonds. The molecule has 31 heavy (non-hydrogen) atoms. The molecule has 0 atom stereocenters. The van der Waals surface area contributed by atoms with E-state index in [0.29, 0.717) is 27.2 Å². The first-order valence-electron chi connectivity index (χ1n) is 9.16. The maximum atomic E-state index is 12.4. The first-order chi connectivity index (χ1) is 14.8. The van der Waals surface area contributed by atoms with E-state index in [1.54, 1.807) is 18.6 Å². The topological polar surface area (TPSA) is 98.5 Å². The molecular formula is C21H17ClN2O5S2. The van der Waals surface area contributed by atoms with Gasteiger partial charge < -0.3 is 14.5 Å². The highest BCUT2D eigenvalue weighted by Crippen LogP contribution is 2.32. The molecule has 7 nitrogen and oxygen atoms in total. The predicted octanol–water partition coefficient (Wildman–Crippen LogP) is 5.02. The van der Waals surface area contributed by atoms with Gasteiger partial charge in [-0.05, 0) is 48.5 Å². The normalized spacial score (nSPS) is 11.5. The highest BCUT2D eigenvalue weighted by atomic mass is 35.5. The Bertz CT molecular complexity index is 1340. The van der Waals surface area contributed by atoms with Gasteiger partial charge in [-0.15, -0.1) is 11.3 Å². The van der Waals surface area contributed by atoms with Crippen LogP contribution in [0.4, 0.5) is 5.13 Å². The number of carbonyl (C=O) groups excluding carboxylic acids is 1. The lowest BCUT2D eigenvalue weighted by Crippen LogP contribution is -2.17. The Hall–Kier alpha value is -2.88. The number of ether oxygens (including phenoxy) is 1.